The van der Waals surface area contributed by atoms with Crippen LogP contribution in [0.25, 0.3) is 0 Å². The quantitative estimate of drug-likeness (QED) is 0.392. The number of rotatable bonds is 8. The van der Waals surface area contributed by atoms with Crippen molar-refractivity contribution in [3.63, 3.8) is 0 Å². The van der Waals surface area contributed by atoms with Crippen LogP contribution in [-0.4, -0.2) is 13.0 Å². The Morgan fingerprint density at radius 3 is 2.00 bits per heavy atom. The molecule has 0 aliphatic heterocycles. The van der Waals surface area contributed by atoms with E-state index in [1.807, 2.05) is 0 Å². The van der Waals surface area contributed by atoms with Gasteiger partial charge in [0, 0.05) is 0 Å². The fraction of sp³-hybridized carbons (Fsp3) is 0.500. The molecule has 0 heterocycles. The molecule has 0 atom stereocenters. The molecule has 1 saturated carbocycles. The van der Waals surface area contributed by atoms with Gasteiger partial charge >= 0.3 is 12.5 Å². The topological polar surface area (TPSA) is 18.5 Å². The fourth-order valence-electron chi connectivity index (χ4n) is 4.09. The van der Waals surface area contributed by atoms with Gasteiger partial charge < -0.3 is 9.47 Å². The third kappa shape index (κ3) is 6.92. The molecule has 0 radical (unpaired) electrons. The maximum absolute atomic E-state index is 14.4. The molecule has 2 aromatic rings. The summed E-state index contributed by atoms with van der Waals surface area (Å²) in [7, 11) is 0. The van der Waals surface area contributed by atoms with Gasteiger partial charge in [0.25, 0.3) is 0 Å². The van der Waals surface area contributed by atoms with Crippen LogP contribution < -0.4 is 4.74 Å². The van der Waals surface area contributed by atoms with Gasteiger partial charge in [0.15, 0.2) is 0 Å². The van der Waals surface area contributed by atoms with Crippen LogP contribution in [0.3, 0.4) is 0 Å². The highest BCUT2D eigenvalue weighted by Crippen LogP contribution is 2.38. The minimum Gasteiger partial charge on any atom is -0.406 e. The zero-order valence-corrected chi connectivity index (χ0v) is 17.4. The van der Waals surface area contributed by atoms with E-state index in [9.17, 15) is 22.0 Å². The summed E-state index contributed by atoms with van der Waals surface area (Å²) in [6.07, 6.45) is -2.30. The molecule has 1 aliphatic rings. The first-order valence-electron chi connectivity index (χ1n) is 10.6. The van der Waals surface area contributed by atoms with Crippen LogP contribution in [0, 0.1) is 5.92 Å². The van der Waals surface area contributed by atoms with Crippen molar-refractivity contribution in [2.45, 2.75) is 63.8 Å². The second-order valence-electron chi connectivity index (χ2n) is 8.05. The Bertz CT molecular complexity index is 807. The van der Waals surface area contributed by atoms with Gasteiger partial charge in [0.05, 0.1) is 12.2 Å². The van der Waals surface area contributed by atoms with Gasteiger partial charge in [-0.1, -0.05) is 49.7 Å². The number of alkyl halides is 5. The van der Waals surface area contributed by atoms with E-state index in [2.05, 4.69) is 11.7 Å². The molecule has 0 N–H and O–H groups in total. The van der Waals surface area contributed by atoms with E-state index in [1.54, 1.807) is 12.1 Å². The highest BCUT2D eigenvalue weighted by molar-refractivity contribution is 5.28. The highest BCUT2D eigenvalue weighted by Gasteiger charge is 2.33. The molecule has 1 fully saturated rings. The van der Waals surface area contributed by atoms with Crippen molar-refractivity contribution in [1.29, 1.82) is 0 Å². The van der Waals surface area contributed by atoms with Crippen LogP contribution in [0.5, 0.6) is 5.75 Å². The van der Waals surface area contributed by atoms with Crippen molar-refractivity contribution in [2.24, 2.45) is 5.92 Å². The number of hydrogen-bond donors (Lipinski definition) is 0. The van der Waals surface area contributed by atoms with Crippen molar-refractivity contribution >= 4 is 0 Å². The van der Waals surface area contributed by atoms with E-state index in [1.165, 1.54) is 43.5 Å². The largest absolute Gasteiger partial charge is 0.573 e. The average molecular weight is 442 g/mol. The van der Waals surface area contributed by atoms with E-state index in [0.717, 1.165) is 36.5 Å². The summed E-state index contributed by atoms with van der Waals surface area (Å²) in [6, 6.07) is 11.5. The summed E-state index contributed by atoms with van der Waals surface area (Å²) in [5.74, 6) is 0.850. The molecule has 170 valence electrons. The lowest BCUT2D eigenvalue weighted by molar-refractivity contribution is -0.274. The van der Waals surface area contributed by atoms with E-state index >= 15 is 0 Å². The Balaban J connectivity index is 1.50. The van der Waals surface area contributed by atoms with Crippen LogP contribution in [0.2, 0.25) is 0 Å². The summed E-state index contributed by atoms with van der Waals surface area (Å²) in [5, 5.41) is 0. The van der Waals surface area contributed by atoms with Crippen molar-refractivity contribution in [3.8, 4) is 5.75 Å². The second-order valence-corrected chi connectivity index (χ2v) is 8.05. The normalized spacial score (nSPS) is 19.9. The monoisotopic (exact) mass is 442 g/mol. The molecular weight excluding hydrogens is 415 g/mol. The third-order valence-corrected chi connectivity index (χ3v) is 5.97. The molecule has 3 rings (SSSR count). The molecule has 1 aliphatic carbocycles. The van der Waals surface area contributed by atoms with Gasteiger partial charge in [-0.3, -0.25) is 0 Å². The Hall–Kier alpha value is -2.15. The molecule has 0 amide bonds. The van der Waals surface area contributed by atoms with E-state index in [-0.39, 0.29) is 24.3 Å². The lowest BCUT2D eigenvalue weighted by atomic mass is 9.78. The van der Waals surface area contributed by atoms with Gasteiger partial charge in [-0.05, 0) is 67.2 Å². The molecular formula is C24H27F5O2. The summed E-state index contributed by atoms with van der Waals surface area (Å²) < 4.78 is 73.9. The Labute approximate surface area is 179 Å². The van der Waals surface area contributed by atoms with Gasteiger partial charge in [-0.15, -0.1) is 13.2 Å². The second kappa shape index (κ2) is 9.98. The van der Waals surface area contributed by atoms with Crippen molar-refractivity contribution in [1.82, 2.24) is 0 Å². The molecule has 0 aromatic heterocycles. The fourth-order valence-corrected chi connectivity index (χ4v) is 4.09. The van der Waals surface area contributed by atoms with Gasteiger partial charge in [0.2, 0.25) is 0 Å². The SMILES string of the molecule is CCC1CCC(c2ccc(C(F)(F)OCCc3ccc(OC(F)(F)F)cc3)cc2)CC1. The minimum absolute atomic E-state index is 0.140. The van der Waals surface area contributed by atoms with Crippen LogP contribution in [0.15, 0.2) is 48.5 Å². The molecule has 0 unspecified atom stereocenters. The van der Waals surface area contributed by atoms with Crippen LogP contribution in [0.1, 0.15) is 61.6 Å². The predicted octanol–water partition coefficient (Wildman–Crippen LogP) is 7.58. The first-order valence-corrected chi connectivity index (χ1v) is 10.6. The van der Waals surface area contributed by atoms with Crippen LogP contribution >= 0.6 is 0 Å². The Morgan fingerprint density at radius 2 is 1.45 bits per heavy atom. The lowest BCUT2D eigenvalue weighted by Crippen LogP contribution is -2.20. The maximum Gasteiger partial charge on any atom is 0.573 e. The molecule has 0 bridgehead atoms. The molecule has 0 saturated heterocycles. The molecule has 7 heteroatoms. The highest BCUT2D eigenvalue weighted by atomic mass is 19.4. The standard InChI is InChI=1S/C24H27F5O2/c1-2-17-3-7-19(8-4-17)20-9-11-21(12-10-20)23(25,26)30-16-15-18-5-13-22(14-6-18)31-24(27,28)29/h5-6,9-14,17,19H,2-4,7-8,15-16H2,1H3. The smallest absolute Gasteiger partial charge is 0.406 e. The number of halogens is 5. The van der Waals surface area contributed by atoms with Gasteiger partial charge in [-0.2, -0.15) is 8.78 Å². The van der Waals surface area contributed by atoms with E-state index < -0.39 is 12.5 Å². The zero-order chi connectivity index (χ0) is 22.5. The maximum atomic E-state index is 14.4. The first-order chi connectivity index (χ1) is 14.7. The predicted molar refractivity (Wildman–Crippen MR) is 108 cm³/mol. The minimum atomic E-state index is -4.77. The molecule has 0 spiro atoms. The number of ether oxygens (including phenoxy) is 2. The molecule has 31 heavy (non-hydrogen) atoms. The number of hydrogen-bond acceptors (Lipinski definition) is 2. The first kappa shape index (κ1) is 23.5. The summed E-state index contributed by atoms with van der Waals surface area (Å²) in [5.41, 5.74) is 1.46. The van der Waals surface area contributed by atoms with E-state index in [4.69, 9.17) is 4.74 Å². The molecule has 2 aromatic carbocycles. The third-order valence-electron chi connectivity index (χ3n) is 5.97. The van der Waals surface area contributed by atoms with Crippen LogP contribution in [-0.2, 0) is 17.3 Å². The zero-order valence-electron chi connectivity index (χ0n) is 17.4. The van der Waals surface area contributed by atoms with Crippen molar-refractivity contribution < 1.29 is 31.4 Å². The average Bonchev–Trinajstić information content (AvgIpc) is 2.74. The lowest BCUT2D eigenvalue weighted by Gasteiger charge is -2.28. The van der Waals surface area contributed by atoms with E-state index in [0.29, 0.717) is 11.5 Å². The Morgan fingerprint density at radius 1 is 0.839 bits per heavy atom. The summed E-state index contributed by atoms with van der Waals surface area (Å²) >= 11 is 0. The van der Waals surface area contributed by atoms with Crippen molar-refractivity contribution in [2.75, 3.05) is 6.61 Å². The number of benzene rings is 2. The summed E-state index contributed by atoms with van der Waals surface area (Å²) in [4.78, 5) is 0. The van der Waals surface area contributed by atoms with Gasteiger partial charge in [0.1, 0.15) is 5.75 Å². The summed E-state index contributed by atoms with van der Waals surface area (Å²) in [6.45, 7) is 1.94. The molecule has 2 nitrogen and oxygen atoms in total. The van der Waals surface area contributed by atoms with Crippen LogP contribution in [0.4, 0.5) is 22.0 Å². The van der Waals surface area contributed by atoms with Crippen molar-refractivity contribution in [3.05, 3.63) is 65.2 Å². The Kier molecular flexibility index (Phi) is 7.57. The van der Waals surface area contributed by atoms with Gasteiger partial charge in [-0.25, -0.2) is 0 Å².